The number of thiophene rings is 1. The zero-order valence-corrected chi connectivity index (χ0v) is 16.2. The summed E-state index contributed by atoms with van der Waals surface area (Å²) in [4.78, 5) is 37.2. The van der Waals surface area contributed by atoms with Crippen LogP contribution in [0.25, 0.3) is 0 Å². The maximum atomic E-state index is 12.2. The molecule has 0 spiro atoms. The first-order chi connectivity index (χ1) is 13.0. The van der Waals surface area contributed by atoms with Gasteiger partial charge in [-0.25, -0.2) is 0 Å². The number of rotatable bonds is 6. The van der Waals surface area contributed by atoms with Crippen LogP contribution in [-0.4, -0.2) is 24.3 Å². The summed E-state index contributed by atoms with van der Waals surface area (Å²) in [5.74, 6) is -1.06. The quantitative estimate of drug-likeness (QED) is 0.688. The van der Waals surface area contributed by atoms with Gasteiger partial charge in [-0.15, -0.1) is 11.3 Å². The Labute approximate surface area is 166 Å². The van der Waals surface area contributed by atoms with Crippen molar-refractivity contribution in [3.63, 3.8) is 0 Å². The molecule has 6 nitrogen and oxygen atoms in total. The summed E-state index contributed by atoms with van der Waals surface area (Å²) in [7, 11) is 0. The molecule has 2 aromatic rings. The maximum Gasteiger partial charge on any atom is 0.251 e. The summed E-state index contributed by atoms with van der Waals surface area (Å²) in [5, 5.41) is 6.54. The minimum atomic E-state index is -0.513. The highest BCUT2D eigenvalue weighted by atomic mass is 35.5. The number of hydrogen-bond acceptors (Lipinski definition) is 4. The predicted molar refractivity (Wildman–Crippen MR) is 107 cm³/mol. The van der Waals surface area contributed by atoms with E-state index in [0.29, 0.717) is 21.2 Å². The lowest BCUT2D eigenvalue weighted by Crippen LogP contribution is -2.27. The van der Waals surface area contributed by atoms with Crippen molar-refractivity contribution < 1.29 is 14.4 Å². The van der Waals surface area contributed by atoms with Crippen molar-refractivity contribution >= 4 is 45.7 Å². The highest BCUT2D eigenvalue weighted by molar-refractivity contribution is 7.17. The molecule has 1 aliphatic rings. The summed E-state index contributed by atoms with van der Waals surface area (Å²) in [6.07, 6.45) is 3.93. The average Bonchev–Trinajstić information content (AvgIpc) is 3.00. The molecule has 3 amide bonds. The number of hydrogen-bond donors (Lipinski definition) is 3. The van der Waals surface area contributed by atoms with Crippen molar-refractivity contribution in [2.24, 2.45) is 5.73 Å². The van der Waals surface area contributed by atoms with Crippen LogP contribution in [0.5, 0.6) is 0 Å². The van der Waals surface area contributed by atoms with Gasteiger partial charge in [0.25, 0.3) is 11.8 Å². The molecule has 1 aromatic heterocycles. The Hall–Kier alpha value is -2.38. The number of carbonyl (C=O) groups excluding carboxylic acids is 3. The van der Waals surface area contributed by atoms with Gasteiger partial charge in [0.1, 0.15) is 5.00 Å². The van der Waals surface area contributed by atoms with Crippen LogP contribution in [0.2, 0.25) is 5.02 Å². The third-order valence-corrected chi connectivity index (χ3v) is 5.87. The Morgan fingerprint density at radius 1 is 1.11 bits per heavy atom. The number of anilines is 1. The summed E-state index contributed by atoms with van der Waals surface area (Å²) in [5.41, 5.74) is 7.41. The Balaban J connectivity index is 1.57. The van der Waals surface area contributed by atoms with Crippen LogP contribution < -0.4 is 16.4 Å². The molecule has 0 bridgehead atoms. The van der Waals surface area contributed by atoms with E-state index in [-0.39, 0.29) is 24.8 Å². The molecule has 0 radical (unpaired) electrons. The van der Waals surface area contributed by atoms with Crippen molar-refractivity contribution in [1.82, 2.24) is 5.32 Å². The second-order valence-electron chi connectivity index (χ2n) is 6.34. The molecule has 8 heteroatoms. The Morgan fingerprint density at radius 3 is 2.52 bits per heavy atom. The molecule has 3 rings (SSSR count). The summed E-state index contributed by atoms with van der Waals surface area (Å²) >= 11 is 7.22. The van der Waals surface area contributed by atoms with Gasteiger partial charge in [-0.2, -0.15) is 0 Å². The average molecular weight is 406 g/mol. The van der Waals surface area contributed by atoms with E-state index in [1.165, 1.54) is 11.3 Å². The van der Waals surface area contributed by atoms with Gasteiger partial charge in [0, 0.05) is 28.4 Å². The minimum absolute atomic E-state index is 0.0973. The summed E-state index contributed by atoms with van der Waals surface area (Å²) in [6, 6.07) is 6.50. The number of primary amides is 1. The number of fused-ring (bicyclic) bond motifs is 1. The van der Waals surface area contributed by atoms with E-state index in [2.05, 4.69) is 10.6 Å². The third kappa shape index (κ3) is 4.67. The molecule has 0 unspecified atom stereocenters. The van der Waals surface area contributed by atoms with E-state index in [9.17, 15) is 14.4 Å². The number of nitrogens with two attached hydrogens (primary N) is 1. The summed E-state index contributed by atoms with van der Waals surface area (Å²) < 4.78 is 0. The monoisotopic (exact) mass is 405 g/mol. The number of nitrogens with one attached hydrogen (secondary N) is 2. The highest BCUT2D eigenvalue weighted by Gasteiger charge is 2.24. The van der Waals surface area contributed by atoms with E-state index in [1.54, 1.807) is 24.3 Å². The fourth-order valence-electron chi connectivity index (χ4n) is 3.10. The van der Waals surface area contributed by atoms with Crippen molar-refractivity contribution in [3.05, 3.63) is 50.9 Å². The normalized spacial score (nSPS) is 12.9. The SMILES string of the molecule is NC(=O)c1c(NC(=O)CCNC(=O)c2ccc(Cl)cc2)sc2c1CCCC2. The van der Waals surface area contributed by atoms with Gasteiger partial charge in [-0.3, -0.25) is 14.4 Å². The van der Waals surface area contributed by atoms with E-state index < -0.39 is 5.91 Å². The topological polar surface area (TPSA) is 101 Å². The van der Waals surface area contributed by atoms with Crippen molar-refractivity contribution in [1.29, 1.82) is 0 Å². The fourth-order valence-corrected chi connectivity index (χ4v) is 4.53. The van der Waals surface area contributed by atoms with Crippen LogP contribution in [0.4, 0.5) is 5.00 Å². The van der Waals surface area contributed by atoms with Crippen molar-refractivity contribution in [2.75, 3.05) is 11.9 Å². The zero-order valence-electron chi connectivity index (χ0n) is 14.6. The van der Waals surface area contributed by atoms with Gasteiger partial charge in [0.05, 0.1) is 5.56 Å². The first-order valence-electron chi connectivity index (χ1n) is 8.73. The Bertz CT molecular complexity index is 877. The molecule has 142 valence electrons. The van der Waals surface area contributed by atoms with Crippen LogP contribution >= 0.6 is 22.9 Å². The number of halogens is 1. The van der Waals surface area contributed by atoms with Crippen LogP contribution in [-0.2, 0) is 17.6 Å². The molecular formula is C19H20ClN3O3S. The Kier molecular flexibility index (Phi) is 6.13. The van der Waals surface area contributed by atoms with Gasteiger partial charge >= 0.3 is 0 Å². The second-order valence-corrected chi connectivity index (χ2v) is 7.88. The van der Waals surface area contributed by atoms with Gasteiger partial charge in [-0.1, -0.05) is 11.6 Å². The smallest absolute Gasteiger partial charge is 0.251 e. The molecule has 4 N–H and O–H groups in total. The minimum Gasteiger partial charge on any atom is -0.365 e. The van der Waals surface area contributed by atoms with Gasteiger partial charge in [0.15, 0.2) is 0 Å². The molecule has 0 aliphatic heterocycles. The van der Waals surface area contributed by atoms with E-state index in [4.69, 9.17) is 17.3 Å². The van der Waals surface area contributed by atoms with Gasteiger partial charge < -0.3 is 16.4 Å². The van der Waals surface area contributed by atoms with E-state index in [0.717, 1.165) is 36.1 Å². The van der Waals surface area contributed by atoms with Gasteiger partial charge in [0.2, 0.25) is 5.91 Å². The zero-order chi connectivity index (χ0) is 19.4. The standard InChI is InChI=1S/C19H20ClN3O3S/c20-12-7-5-11(6-8-12)18(26)22-10-9-15(24)23-19-16(17(21)25)13-3-1-2-4-14(13)27-19/h5-8H,1-4,9-10H2,(H2,21,25)(H,22,26)(H,23,24). The molecule has 0 saturated heterocycles. The van der Waals surface area contributed by atoms with Crippen LogP contribution in [0.15, 0.2) is 24.3 Å². The molecule has 1 aromatic carbocycles. The van der Waals surface area contributed by atoms with E-state index >= 15 is 0 Å². The van der Waals surface area contributed by atoms with Gasteiger partial charge in [-0.05, 0) is 55.5 Å². The number of amides is 3. The molecule has 0 atom stereocenters. The van der Waals surface area contributed by atoms with Crippen LogP contribution in [0.1, 0.15) is 50.4 Å². The molecule has 27 heavy (non-hydrogen) atoms. The Morgan fingerprint density at radius 2 is 1.81 bits per heavy atom. The molecule has 1 aliphatic carbocycles. The summed E-state index contributed by atoms with van der Waals surface area (Å²) in [6.45, 7) is 0.185. The number of benzene rings is 1. The van der Waals surface area contributed by atoms with Crippen LogP contribution in [0, 0.1) is 0 Å². The van der Waals surface area contributed by atoms with Crippen molar-refractivity contribution in [3.8, 4) is 0 Å². The lowest BCUT2D eigenvalue weighted by molar-refractivity contribution is -0.116. The largest absolute Gasteiger partial charge is 0.365 e. The lowest BCUT2D eigenvalue weighted by Gasteiger charge is -2.11. The number of aryl methyl sites for hydroxylation is 1. The molecule has 0 fully saturated rings. The van der Waals surface area contributed by atoms with Crippen LogP contribution in [0.3, 0.4) is 0 Å². The highest BCUT2D eigenvalue weighted by Crippen LogP contribution is 2.37. The first kappa shape index (κ1) is 19.4. The number of carbonyl (C=O) groups is 3. The lowest BCUT2D eigenvalue weighted by atomic mass is 9.95. The first-order valence-corrected chi connectivity index (χ1v) is 9.93. The molecule has 1 heterocycles. The van der Waals surface area contributed by atoms with Crippen molar-refractivity contribution in [2.45, 2.75) is 32.1 Å². The fraction of sp³-hybridized carbons (Fsp3) is 0.316. The predicted octanol–water partition coefficient (Wildman–Crippen LogP) is 3.14. The molecular weight excluding hydrogens is 386 g/mol. The third-order valence-electron chi connectivity index (χ3n) is 4.41. The second kappa shape index (κ2) is 8.54. The van der Waals surface area contributed by atoms with E-state index in [1.807, 2.05) is 0 Å². The molecule has 0 saturated carbocycles. The maximum absolute atomic E-state index is 12.2.